The number of benzene rings is 1. The highest BCUT2D eigenvalue weighted by Crippen LogP contribution is 2.22. The number of hydrogen-bond acceptors (Lipinski definition) is 6. The van der Waals surface area contributed by atoms with Gasteiger partial charge in [-0.1, -0.05) is 24.2 Å². The molecule has 114 valence electrons. The molecule has 0 spiro atoms. The Bertz CT molecular complexity index is 613. The molecule has 0 amide bonds. The van der Waals surface area contributed by atoms with Gasteiger partial charge in [0.25, 0.3) is 0 Å². The van der Waals surface area contributed by atoms with Crippen molar-refractivity contribution in [3.63, 3.8) is 0 Å². The Labute approximate surface area is 129 Å². The molecule has 1 heterocycles. The van der Waals surface area contributed by atoms with Crippen LogP contribution in [-0.2, 0) is 4.74 Å². The van der Waals surface area contributed by atoms with Gasteiger partial charge in [0, 0.05) is 11.6 Å². The number of methoxy groups -OCH3 is 1. The van der Waals surface area contributed by atoms with E-state index in [1.54, 1.807) is 24.3 Å². The molecule has 2 unspecified atom stereocenters. The van der Waals surface area contributed by atoms with Crippen molar-refractivity contribution in [3.8, 4) is 11.4 Å². The fourth-order valence-corrected chi connectivity index (χ4v) is 1.67. The van der Waals surface area contributed by atoms with E-state index in [2.05, 4.69) is 14.9 Å². The molecule has 2 N–H and O–H groups in total. The van der Waals surface area contributed by atoms with Crippen molar-refractivity contribution in [3.05, 3.63) is 35.7 Å². The van der Waals surface area contributed by atoms with Gasteiger partial charge in [-0.15, -0.1) is 12.4 Å². The summed E-state index contributed by atoms with van der Waals surface area (Å²) in [6.07, 6.45) is 0. The molecule has 0 saturated carbocycles. The zero-order valence-corrected chi connectivity index (χ0v) is 12.9. The molecule has 21 heavy (non-hydrogen) atoms. The second kappa shape index (κ2) is 7.19. The lowest BCUT2D eigenvalue weighted by Crippen LogP contribution is -2.22. The maximum Gasteiger partial charge on any atom is 0.337 e. The summed E-state index contributed by atoms with van der Waals surface area (Å²) in [7, 11) is 1.34. The highest BCUT2D eigenvalue weighted by molar-refractivity contribution is 5.90. The first kappa shape index (κ1) is 17.1. The molecular weight excluding hydrogens is 294 g/mol. The molecule has 1 aromatic carbocycles. The molecule has 0 aliphatic carbocycles. The molecular formula is C14H18ClN3O3. The molecule has 2 aromatic rings. The highest BCUT2D eigenvalue weighted by atomic mass is 35.5. The number of hydrogen-bond donors (Lipinski definition) is 1. The fraction of sp³-hybridized carbons (Fsp3) is 0.357. The third kappa shape index (κ3) is 3.80. The minimum atomic E-state index is -0.403. The van der Waals surface area contributed by atoms with Gasteiger partial charge < -0.3 is 15.0 Å². The topological polar surface area (TPSA) is 91.2 Å². The summed E-state index contributed by atoms with van der Waals surface area (Å²) in [6.45, 7) is 3.80. The maximum absolute atomic E-state index is 11.5. The van der Waals surface area contributed by atoms with Gasteiger partial charge in [0.05, 0.1) is 18.6 Å². The van der Waals surface area contributed by atoms with Crippen LogP contribution in [0, 0.1) is 0 Å². The van der Waals surface area contributed by atoms with Crippen LogP contribution in [0.25, 0.3) is 11.4 Å². The first-order valence-electron chi connectivity index (χ1n) is 6.31. The first-order valence-corrected chi connectivity index (χ1v) is 6.31. The lowest BCUT2D eigenvalue weighted by molar-refractivity contribution is 0.0601. The van der Waals surface area contributed by atoms with E-state index in [1.165, 1.54) is 7.11 Å². The van der Waals surface area contributed by atoms with E-state index in [0.29, 0.717) is 22.8 Å². The number of rotatable bonds is 4. The van der Waals surface area contributed by atoms with E-state index in [4.69, 9.17) is 10.3 Å². The second-order valence-electron chi connectivity index (χ2n) is 4.68. The Balaban J connectivity index is 0.00000220. The monoisotopic (exact) mass is 311 g/mol. The van der Waals surface area contributed by atoms with E-state index >= 15 is 0 Å². The summed E-state index contributed by atoms with van der Waals surface area (Å²) in [4.78, 5) is 15.8. The summed E-state index contributed by atoms with van der Waals surface area (Å²) in [5.74, 6) is 0.483. The predicted molar refractivity (Wildman–Crippen MR) is 80.4 cm³/mol. The zero-order valence-electron chi connectivity index (χ0n) is 12.1. The summed E-state index contributed by atoms with van der Waals surface area (Å²) in [5, 5.41) is 3.92. The smallest absolute Gasteiger partial charge is 0.337 e. The number of ether oxygens (including phenoxy) is 1. The average molecular weight is 312 g/mol. The summed E-state index contributed by atoms with van der Waals surface area (Å²) in [5.41, 5.74) is 6.94. The minimum absolute atomic E-state index is 0. The van der Waals surface area contributed by atoms with Gasteiger partial charge in [-0.3, -0.25) is 0 Å². The van der Waals surface area contributed by atoms with Crippen LogP contribution in [-0.4, -0.2) is 29.3 Å². The second-order valence-corrected chi connectivity index (χ2v) is 4.68. The third-order valence-electron chi connectivity index (χ3n) is 3.16. The number of aromatic nitrogens is 2. The van der Waals surface area contributed by atoms with Crippen molar-refractivity contribution < 1.29 is 14.1 Å². The van der Waals surface area contributed by atoms with Crippen molar-refractivity contribution in [2.24, 2.45) is 5.73 Å². The van der Waals surface area contributed by atoms with E-state index < -0.39 is 5.97 Å². The first-order chi connectivity index (χ1) is 9.52. The Hall–Kier alpha value is -1.92. The van der Waals surface area contributed by atoms with Gasteiger partial charge in [0.15, 0.2) is 0 Å². The number of carbonyl (C=O) groups excluding carboxylic acids is 1. The number of halogens is 1. The Morgan fingerprint density at radius 2 is 2.10 bits per heavy atom. The van der Waals surface area contributed by atoms with Crippen molar-refractivity contribution in [2.75, 3.05) is 7.11 Å². The van der Waals surface area contributed by atoms with Crippen molar-refractivity contribution >= 4 is 18.4 Å². The number of esters is 1. The Morgan fingerprint density at radius 1 is 1.38 bits per heavy atom. The summed E-state index contributed by atoms with van der Waals surface area (Å²) >= 11 is 0. The number of nitrogens with two attached hydrogens (primary N) is 1. The van der Waals surface area contributed by atoms with Crippen molar-refractivity contribution in [2.45, 2.75) is 25.8 Å². The van der Waals surface area contributed by atoms with Gasteiger partial charge >= 0.3 is 5.97 Å². The van der Waals surface area contributed by atoms with Gasteiger partial charge in [-0.2, -0.15) is 4.98 Å². The van der Waals surface area contributed by atoms with Gasteiger partial charge in [-0.25, -0.2) is 4.79 Å². The lowest BCUT2D eigenvalue weighted by Gasteiger charge is -2.09. The van der Waals surface area contributed by atoms with Gasteiger partial charge in [0.1, 0.15) is 0 Å². The van der Waals surface area contributed by atoms with Crippen LogP contribution in [0.4, 0.5) is 0 Å². The average Bonchev–Trinajstić information content (AvgIpc) is 2.95. The highest BCUT2D eigenvalue weighted by Gasteiger charge is 2.19. The van der Waals surface area contributed by atoms with Gasteiger partial charge in [-0.05, 0) is 19.1 Å². The molecule has 0 bridgehead atoms. The molecule has 0 radical (unpaired) electrons. The summed E-state index contributed by atoms with van der Waals surface area (Å²) < 4.78 is 9.89. The lowest BCUT2D eigenvalue weighted by atomic mass is 10.1. The SMILES string of the molecule is COC(=O)c1cccc(-c2noc(C(C)C(C)N)n2)c1.Cl. The molecule has 0 fully saturated rings. The quantitative estimate of drug-likeness (QED) is 0.872. The van der Waals surface area contributed by atoms with Gasteiger partial charge in [0.2, 0.25) is 11.7 Å². The third-order valence-corrected chi connectivity index (χ3v) is 3.16. The van der Waals surface area contributed by atoms with Crippen molar-refractivity contribution in [1.29, 1.82) is 0 Å². The standard InChI is InChI=1S/C14H17N3O3.ClH/c1-8(9(2)15)13-16-12(17-20-13)10-5-4-6-11(7-10)14(18)19-3;/h4-9H,15H2,1-3H3;1H. The Kier molecular flexibility index (Phi) is 5.87. The van der Waals surface area contributed by atoms with Crippen LogP contribution in [0.3, 0.4) is 0 Å². The molecule has 0 saturated heterocycles. The molecule has 2 rings (SSSR count). The van der Waals surface area contributed by atoms with E-state index in [9.17, 15) is 4.79 Å². The predicted octanol–water partition coefficient (Wildman–Crippen LogP) is 2.40. The number of nitrogens with zero attached hydrogens (tertiary/aromatic N) is 2. The van der Waals surface area contributed by atoms with E-state index in [0.717, 1.165) is 0 Å². The molecule has 7 heteroatoms. The van der Waals surface area contributed by atoms with Crippen LogP contribution in [0.2, 0.25) is 0 Å². The van der Waals surface area contributed by atoms with Crippen LogP contribution in [0.5, 0.6) is 0 Å². The summed E-state index contributed by atoms with van der Waals surface area (Å²) in [6, 6.07) is 6.80. The molecule has 0 aliphatic heterocycles. The maximum atomic E-state index is 11.5. The minimum Gasteiger partial charge on any atom is -0.465 e. The van der Waals surface area contributed by atoms with Crippen LogP contribution in [0.15, 0.2) is 28.8 Å². The van der Waals surface area contributed by atoms with Crippen LogP contribution >= 0.6 is 12.4 Å². The van der Waals surface area contributed by atoms with Crippen molar-refractivity contribution in [1.82, 2.24) is 10.1 Å². The molecule has 2 atom stereocenters. The van der Waals surface area contributed by atoms with E-state index in [-0.39, 0.29) is 24.4 Å². The normalized spacial score (nSPS) is 13.1. The zero-order chi connectivity index (χ0) is 14.7. The fourth-order valence-electron chi connectivity index (χ4n) is 1.67. The molecule has 6 nitrogen and oxygen atoms in total. The largest absolute Gasteiger partial charge is 0.465 e. The van der Waals surface area contributed by atoms with E-state index in [1.807, 2.05) is 13.8 Å². The molecule has 0 aliphatic rings. The number of carbonyl (C=O) groups is 1. The molecule has 1 aromatic heterocycles. The van der Waals surface area contributed by atoms with Crippen LogP contribution in [0.1, 0.15) is 36.0 Å². The van der Waals surface area contributed by atoms with Crippen LogP contribution < -0.4 is 5.73 Å². The Morgan fingerprint density at radius 3 is 2.71 bits per heavy atom.